The van der Waals surface area contributed by atoms with Gasteiger partial charge in [0.05, 0.1) is 5.56 Å². The first-order valence-corrected chi connectivity index (χ1v) is 10.5. The lowest BCUT2D eigenvalue weighted by Gasteiger charge is -2.18. The topological polar surface area (TPSA) is 63.1 Å². The third-order valence-electron chi connectivity index (χ3n) is 5.18. The Bertz CT molecular complexity index is 1240. The highest BCUT2D eigenvalue weighted by atomic mass is 79.9. The Morgan fingerprint density at radius 3 is 2.44 bits per heavy atom. The largest absolute Gasteiger partial charge is 0.416 e. The molecule has 0 radical (unpaired) electrons. The molecule has 0 aliphatic heterocycles. The van der Waals surface area contributed by atoms with Crippen molar-refractivity contribution in [3.05, 3.63) is 85.7 Å². The van der Waals surface area contributed by atoms with E-state index in [0.29, 0.717) is 12.2 Å². The Morgan fingerprint density at radius 1 is 1.12 bits per heavy atom. The molecular weight excluding hydrogens is 487 g/mol. The first-order chi connectivity index (χ1) is 15.1. The van der Waals surface area contributed by atoms with Crippen LogP contribution in [-0.2, 0) is 12.7 Å². The molecule has 5 nitrogen and oxygen atoms in total. The second-order valence-corrected chi connectivity index (χ2v) is 8.03. The molecule has 9 heteroatoms. The van der Waals surface area contributed by atoms with Gasteiger partial charge in [0.25, 0.3) is 5.91 Å². The summed E-state index contributed by atoms with van der Waals surface area (Å²) in [6.45, 7) is 1.95. The number of hydrogen-bond donors (Lipinski definition) is 2. The van der Waals surface area contributed by atoms with E-state index in [1.807, 2.05) is 18.2 Å². The fourth-order valence-corrected chi connectivity index (χ4v) is 3.92. The normalized spacial score (nSPS) is 11.3. The lowest BCUT2D eigenvalue weighted by atomic mass is 9.98. The summed E-state index contributed by atoms with van der Waals surface area (Å²) in [7, 11) is 3.19. The van der Waals surface area contributed by atoms with E-state index in [1.54, 1.807) is 18.5 Å². The van der Waals surface area contributed by atoms with Crippen LogP contribution in [0.25, 0.3) is 11.1 Å². The number of nitrogens with zero attached hydrogens (tertiary/aromatic N) is 1. The number of halogens is 4. The van der Waals surface area contributed by atoms with E-state index >= 15 is 0 Å². The van der Waals surface area contributed by atoms with Crippen LogP contribution in [0, 0.1) is 6.92 Å². The quantitative estimate of drug-likeness (QED) is 0.507. The van der Waals surface area contributed by atoms with Crippen LogP contribution >= 0.6 is 15.9 Å². The van der Waals surface area contributed by atoms with E-state index in [9.17, 15) is 22.8 Å². The molecule has 2 aromatic carbocycles. The number of carbonyl (C=O) groups is 1. The smallest absolute Gasteiger partial charge is 0.388 e. The molecule has 1 amide bonds. The number of hydrogen-bond acceptors (Lipinski definition) is 3. The summed E-state index contributed by atoms with van der Waals surface area (Å²) in [4.78, 5) is 25.5. The van der Waals surface area contributed by atoms with Crippen molar-refractivity contribution in [1.29, 1.82) is 0 Å². The summed E-state index contributed by atoms with van der Waals surface area (Å²) in [5.41, 5.74) is 0.742. The van der Waals surface area contributed by atoms with Crippen LogP contribution in [0.5, 0.6) is 0 Å². The Balaban J connectivity index is 2.22. The van der Waals surface area contributed by atoms with Crippen molar-refractivity contribution in [1.82, 2.24) is 9.88 Å². The van der Waals surface area contributed by atoms with Gasteiger partial charge in [-0.15, -0.1) is 0 Å². The second kappa shape index (κ2) is 9.20. The Hall–Kier alpha value is -3.07. The van der Waals surface area contributed by atoms with Gasteiger partial charge in [-0.05, 0) is 42.3 Å². The van der Waals surface area contributed by atoms with Crippen LogP contribution < -0.4 is 16.1 Å². The number of amides is 1. The van der Waals surface area contributed by atoms with Crippen LogP contribution in [-0.4, -0.2) is 24.6 Å². The summed E-state index contributed by atoms with van der Waals surface area (Å²) in [5, 5.41) is 5.46. The molecule has 0 spiro atoms. The van der Waals surface area contributed by atoms with Gasteiger partial charge in [0.2, 0.25) is 5.43 Å². The number of rotatable bonds is 5. The molecule has 168 valence electrons. The molecule has 1 aromatic heterocycles. The predicted molar refractivity (Wildman–Crippen MR) is 122 cm³/mol. The number of anilines is 1. The monoisotopic (exact) mass is 507 g/mol. The number of alkyl halides is 3. The predicted octanol–water partition coefficient (Wildman–Crippen LogP) is 5.05. The molecule has 0 atom stereocenters. The van der Waals surface area contributed by atoms with E-state index < -0.39 is 23.1 Å². The van der Waals surface area contributed by atoms with Gasteiger partial charge in [0, 0.05) is 48.3 Å². The molecule has 0 aliphatic carbocycles. The van der Waals surface area contributed by atoms with Crippen molar-refractivity contribution in [2.45, 2.75) is 19.6 Å². The molecule has 32 heavy (non-hydrogen) atoms. The van der Waals surface area contributed by atoms with Crippen molar-refractivity contribution in [3.8, 4) is 11.1 Å². The maximum Gasteiger partial charge on any atom is 0.416 e. The minimum atomic E-state index is -4.55. The van der Waals surface area contributed by atoms with Gasteiger partial charge >= 0.3 is 6.18 Å². The first-order valence-electron chi connectivity index (χ1n) is 9.66. The second-order valence-electron chi connectivity index (χ2n) is 7.17. The van der Waals surface area contributed by atoms with E-state index in [4.69, 9.17) is 0 Å². The van der Waals surface area contributed by atoms with Crippen LogP contribution in [0.15, 0.2) is 57.9 Å². The fraction of sp³-hybridized carbons (Fsp3) is 0.217. The third kappa shape index (κ3) is 4.72. The molecular formula is C23H21BrF3N3O2. The lowest BCUT2D eigenvalue weighted by molar-refractivity contribution is -0.137. The number of benzene rings is 2. The average molecular weight is 508 g/mol. The van der Waals surface area contributed by atoms with Gasteiger partial charge in [-0.2, -0.15) is 13.2 Å². The van der Waals surface area contributed by atoms with Gasteiger partial charge in [-0.1, -0.05) is 34.1 Å². The van der Waals surface area contributed by atoms with Gasteiger partial charge in [0.15, 0.2) is 0 Å². The van der Waals surface area contributed by atoms with Crippen LogP contribution in [0.4, 0.5) is 18.9 Å². The van der Waals surface area contributed by atoms with Gasteiger partial charge in [-0.3, -0.25) is 9.59 Å². The standard InChI is InChI=1S/C23H21BrF3N3O2/c1-13-20(14-5-4-6-16(9-14)23(25,26)27)21(31)18(22(32)29-3)12-30(13)11-15-7-8-17(28-2)10-19(15)24/h4-10,12,28H,11H2,1-3H3,(H,29,32). The van der Waals surface area contributed by atoms with E-state index in [0.717, 1.165) is 27.9 Å². The molecule has 0 fully saturated rings. The molecule has 0 saturated carbocycles. The number of nitrogens with one attached hydrogen (secondary N) is 2. The minimum Gasteiger partial charge on any atom is -0.388 e. The van der Waals surface area contributed by atoms with Gasteiger partial charge in [0.1, 0.15) is 5.56 Å². The van der Waals surface area contributed by atoms with Crippen LogP contribution in [0.1, 0.15) is 27.2 Å². The Kier molecular flexibility index (Phi) is 6.78. The van der Waals surface area contributed by atoms with Crippen molar-refractivity contribution in [2.24, 2.45) is 0 Å². The molecule has 3 rings (SSSR count). The summed E-state index contributed by atoms with van der Waals surface area (Å²) < 4.78 is 42.3. The zero-order valence-electron chi connectivity index (χ0n) is 17.6. The number of carbonyl (C=O) groups excluding carboxylic acids is 1. The summed E-state index contributed by atoms with van der Waals surface area (Å²) in [6, 6.07) is 10.2. The summed E-state index contributed by atoms with van der Waals surface area (Å²) >= 11 is 3.52. The Labute approximate surface area is 191 Å². The van der Waals surface area contributed by atoms with Gasteiger partial charge in [-0.25, -0.2) is 0 Å². The number of aromatic nitrogens is 1. The summed E-state index contributed by atoms with van der Waals surface area (Å²) in [6.07, 6.45) is -3.12. The molecule has 0 unspecified atom stereocenters. The van der Waals surface area contributed by atoms with Crippen molar-refractivity contribution in [2.75, 3.05) is 19.4 Å². The van der Waals surface area contributed by atoms with Crippen LogP contribution in [0.2, 0.25) is 0 Å². The molecule has 0 bridgehead atoms. The van der Waals surface area contributed by atoms with E-state index in [2.05, 4.69) is 26.6 Å². The van der Waals surface area contributed by atoms with Crippen molar-refractivity contribution in [3.63, 3.8) is 0 Å². The Morgan fingerprint density at radius 2 is 1.84 bits per heavy atom. The van der Waals surface area contributed by atoms with Crippen molar-refractivity contribution >= 4 is 27.5 Å². The fourth-order valence-electron chi connectivity index (χ4n) is 3.42. The summed E-state index contributed by atoms with van der Waals surface area (Å²) in [5.74, 6) is -0.610. The average Bonchev–Trinajstić information content (AvgIpc) is 2.76. The zero-order valence-corrected chi connectivity index (χ0v) is 19.2. The SMILES string of the molecule is CNC(=O)c1cn(Cc2ccc(NC)cc2Br)c(C)c(-c2cccc(C(F)(F)F)c2)c1=O. The zero-order chi connectivity index (χ0) is 23.6. The van der Waals surface area contributed by atoms with Gasteiger partial charge < -0.3 is 15.2 Å². The highest BCUT2D eigenvalue weighted by molar-refractivity contribution is 9.10. The molecule has 0 saturated heterocycles. The molecule has 0 aliphatic rings. The van der Waals surface area contributed by atoms with E-state index in [-0.39, 0.29) is 16.7 Å². The van der Waals surface area contributed by atoms with E-state index in [1.165, 1.54) is 25.4 Å². The maximum atomic E-state index is 13.3. The molecule has 2 N–H and O–H groups in total. The third-order valence-corrected chi connectivity index (χ3v) is 5.92. The highest BCUT2D eigenvalue weighted by Gasteiger charge is 2.31. The molecule has 1 heterocycles. The highest BCUT2D eigenvalue weighted by Crippen LogP contribution is 2.32. The van der Waals surface area contributed by atoms with Crippen LogP contribution in [0.3, 0.4) is 0 Å². The first kappa shape index (κ1) is 23.6. The van der Waals surface area contributed by atoms with Crippen molar-refractivity contribution < 1.29 is 18.0 Å². The minimum absolute atomic E-state index is 0.0557. The number of pyridine rings is 1. The lowest BCUT2D eigenvalue weighted by Crippen LogP contribution is -2.29. The maximum absolute atomic E-state index is 13.3. The molecule has 3 aromatic rings.